The molecule has 21 heavy (non-hydrogen) atoms. The van der Waals surface area contributed by atoms with Gasteiger partial charge >= 0.3 is 11.7 Å². The summed E-state index contributed by atoms with van der Waals surface area (Å²) in [5, 5.41) is 13.2. The molecule has 0 aliphatic carbocycles. The number of aliphatic carboxylic acids is 1. The monoisotopic (exact) mass is 292 g/mol. The number of fused-ring (bicyclic) bond motifs is 1. The van der Waals surface area contributed by atoms with E-state index in [2.05, 4.69) is 5.10 Å². The molecule has 2 rings (SSSR count). The van der Waals surface area contributed by atoms with Crippen LogP contribution < -0.4 is 5.69 Å². The molecule has 1 unspecified atom stereocenters. The van der Waals surface area contributed by atoms with E-state index in [1.807, 2.05) is 24.8 Å². The van der Waals surface area contributed by atoms with E-state index >= 15 is 0 Å². The molecule has 0 aromatic carbocycles. The number of hydrogen-bond acceptors (Lipinski definition) is 4. The zero-order chi connectivity index (χ0) is 15.4. The van der Waals surface area contributed by atoms with Crippen molar-refractivity contribution in [1.29, 1.82) is 0 Å². The fraction of sp³-hybridized carbons (Fsp3) is 0.500. The summed E-state index contributed by atoms with van der Waals surface area (Å²) in [6, 6.07) is 5.51. The first kappa shape index (κ1) is 15.2. The Morgan fingerprint density at radius 2 is 2.24 bits per heavy atom. The fourth-order valence-electron chi connectivity index (χ4n) is 2.22. The zero-order valence-corrected chi connectivity index (χ0v) is 12.3. The van der Waals surface area contributed by atoms with Gasteiger partial charge in [-0.05, 0) is 25.5 Å². The van der Waals surface area contributed by atoms with Gasteiger partial charge in [0.1, 0.15) is 0 Å². The molecule has 0 saturated heterocycles. The maximum atomic E-state index is 12.1. The average Bonchev–Trinajstić information content (AvgIpc) is 2.79. The molecule has 0 amide bonds. The molecule has 0 aliphatic rings. The summed E-state index contributed by atoms with van der Waals surface area (Å²) in [5.41, 5.74) is 0.390. The van der Waals surface area contributed by atoms with Crippen LogP contribution in [0.5, 0.6) is 0 Å². The Hall–Kier alpha value is -2.15. The minimum atomic E-state index is -0.863. The van der Waals surface area contributed by atoms with Gasteiger partial charge < -0.3 is 5.11 Å². The van der Waals surface area contributed by atoms with Crippen LogP contribution in [0, 0.1) is 0 Å². The Balaban J connectivity index is 2.13. The Kier molecular flexibility index (Phi) is 4.74. The normalized spacial score (nSPS) is 12.9. The summed E-state index contributed by atoms with van der Waals surface area (Å²) >= 11 is 0. The minimum absolute atomic E-state index is 0.0306. The highest BCUT2D eigenvalue weighted by atomic mass is 16.4. The SMILES string of the molecule is CCC(C)N(CCn1nc2ccccn2c1=O)CC(=O)O. The second-order valence-electron chi connectivity index (χ2n) is 5.06. The van der Waals surface area contributed by atoms with Gasteiger partial charge in [0.15, 0.2) is 5.65 Å². The lowest BCUT2D eigenvalue weighted by molar-refractivity contribution is -0.138. The summed E-state index contributed by atoms with van der Waals surface area (Å²) in [6.07, 6.45) is 2.53. The van der Waals surface area contributed by atoms with Crippen LogP contribution in [0.25, 0.3) is 5.65 Å². The van der Waals surface area contributed by atoms with E-state index in [0.29, 0.717) is 18.7 Å². The number of pyridine rings is 1. The quantitative estimate of drug-likeness (QED) is 0.812. The van der Waals surface area contributed by atoms with Crippen LogP contribution in [0.1, 0.15) is 20.3 Å². The number of carboxylic acids is 1. The van der Waals surface area contributed by atoms with Gasteiger partial charge in [0.25, 0.3) is 0 Å². The highest BCUT2D eigenvalue weighted by Crippen LogP contribution is 2.03. The van der Waals surface area contributed by atoms with Crippen molar-refractivity contribution in [3.63, 3.8) is 0 Å². The highest BCUT2D eigenvalue weighted by Gasteiger charge is 2.16. The third-order valence-corrected chi connectivity index (χ3v) is 3.64. The first-order valence-electron chi connectivity index (χ1n) is 7.03. The average molecular weight is 292 g/mol. The smallest absolute Gasteiger partial charge is 0.350 e. The van der Waals surface area contributed by atoms with E-state index in [4.69, 9.17) is 5.11 Å². The van der Waals surface area contributed by atoms with E-state index in [1.165, 1.54) is 9.08 Å². The Morgan fingerprint density at radius 3 is 2.86 bits per heavy atom. The minimum Gasteiger partial charge on any atom is -0.480 e. The largest absolute Gasteiger partial charge is 0.480 e. The molecule has 2 aromatic rings. The van der Waals surface area contributed by atoms with Crippen LogP contribution in [0.4, 0.5) is 0 Å². The zero-order valence-electron chi connectivity index (χ0n) is 12.3. The van der Waals surface area contributed by atoms with E-state index in [1.54, 1.807) is 18.3 Å². The molecule has 7 nitrogen and oxygen atoms in total. The van der Waals surface area contributed by atoms with Gasteiger partial charge in [0, 0.05) is 18.8 Å². The van der Waals surface area contributed by atoms with Gasteiger partial charge in [-0.1, -0.05) is 13.0 Å². The van der Waals surface area contributed by atoms with Gasteiger partial charge in [-0.2, -0.15) is 0 Å². The molecule has 1 N–H and O–H groups in total. The first-order valence-corrected chi connectivity index (χ1v) is 7.03. The Labute approximate surface area is 122 Å². The Bertz CT molecular complexity index is 676. The summed E-state index contributed by atoms with van der Waals surface area (Å²) in [5.74, 6) is -0.863. The molecule has 0 fully saturated rings. The maximum absolute atomic E-state index is 12.1. The van der Waals surface area contributed by atoms with Crippen LogP contribution in [-0.4, -0.2) is 49.3 Å². The molecule has 2 aromatic heterocycles. The maximum Gasteiger partial charge on any atom is 0.350 e. The molecule has 0 bridgehead atoms. The second kappa shape index (κ2) is 6.53. The van der Waals surface area contributed by atoms with E-state index in [9.17, 15) is 9.59 Å². The topological polar surface area (TPSA) is 79.8 Å². The van der Waals surface area contributed by atoms with Gasteiger partial charge in [0.05, 0.1) is 13.1 Å². The van der Waals surface area contributed by atoms with Crippen molar-refractivity contribution in [3.05, 3.63) is 34.9 Å². The molecule has 0 radical (unpaired) electrons. The van der Waals surface area contributed by atoms with Crippen molar-refractivity contribution in [2.75, 3.05) is 13.1 Å². The van der Waals surface area contributed by atoms with Crippen molar-refractivity contribution < 1.29 is 9.90 Å². The number of rotatable bonds is 7. The lowest BCUT2D eigenvalue weighted by Crippen LogP contribution is -2.40. The number of hydrogen-bond donors (Lipinski definition) is 1. The molecule has 7 heteroatoms. The second-order valence-corrected chi connectivity index (χ2v) is 5.06. The number of carbonyl (C=O) groups is 1. The van der Waals surface area contributed by atoms with Crippen LogP contribution in [0.3, 0.4) is 0 Å². The standard InChI is InChI=1S/C14H20N4O3/c1-3-11(2)16(10-13(19)20)8-9-18-14(21)17-7-5-4-6-12(17)15-18/h4-7,11H,3,8-10H2,1-2H3,(H,19,20). The molecule has 0 saturated carbocycles. The lowest BCUT2D eigenvalue weighted by Gasteiger charge is -2.26. The molecule has 0 spiro atoms. The van der Waals surface area contributed by atoms with Crippen LogP contribution in [0.15, 0.2) is 29.2 Å². The van der Waals surface area contributed by atoms with Crippen molar-refractivity contribution in [2.45, 2.75) is 32.9 Å². The van der Waals surface area contributed by atoms with Crippen molar-refractivity contribution in [1.82, 2.24) is 19.1 Å². The predicted octanol–water partition coefficient (Wildman–Crippen LogP) is 0.681. The molecule has 1 atom stereocenters. The van der Waals surface area contributed by atoms with E-state index in [0.717, 1.165) is 6.42 Å². The first-order chi connectivity index (χ1) is 10.0. The van der Waals surface area contributed by atoms with Crippen molar-refractivity contribution in [2.24, 2.45) is 0 Å². The summed E-state index contributed by atoms with van der Waals surface area (Å²) in [7, 11) is 0. The summed E-state index contributed by atoms with van der Waals surface area (Å²) in [6.45, 7) is 4.81. The summed E-state index contributed by atoms with van der Waals surface area (Å²) < 4.78 is 2.86. The lowest BCUT2D eigenvalue weighted by atomic mass is 10.2. The number of aromatic nitrogens is 3. The van der Waals surface area contributed by atoms with Crippen LogP contribution >= 0.6 is 0 Å². The molecular weight excluding hydrogens is 272 g/mol. The summed E-state index contributed by atoms with van der Waals surface area (Å²) in [4.78, 5) is 24.9. The van der Waals surface area contributed by atoms with Gasteiger partial charge in [-0.3, -0.25) is 14.1 Å². The van der Waals surface area contributed by atoms with Gasteiger partial charge in [0.2, 0.25) is 0 Å². The van der Waals surface area contributed by atoms with Crippen molar-refractivity contribution >= 4 is 11.6 Å². The van der Waals surface area contributed by atoms with E-state index in [-0.39, 0.29) is 18.3 Å². The third kappa shape index (κ3) is 3.49. The Morgan fingerprint density at radius 1 is 1.48 bits per heavy atom. The van der Waals surface area contributed by atoms with Gasteiger partial charge in [-0.25, -0.2) is 9.48 Å². The highest BCUT2D eigenvalue weighted by molar-refractivity contribution is 5.69. The molecule has 114 valence electrons. The van der Waals surface area contributed by atoms with Crippen molar-refractivity contribution in [3.8, 4) is 0 Å². The van der Waals surface area contributed by atoms with E-state index < -0.39 is 5.97 Å². The molecule has 0 aliphatic heterocycles. The van der Waals surface area contributed by atoms with Gasteiger partial charge in [-0.15, -0.1) is 5.10 Å². The van der Waals surface area contributed by atoms with Crippen LogP contribution in [-0.2, 0) is 11.3 Å². The molecule has 2 heterocycles. The number of carboxylic acid groups (broad SMARTS) is 1. The number of nitrogens with zero attached hydrogens (tertiary/aromatic N) is 4. The predicted molar refractivity (Wildman–Crippen MR) is 78.4 cm³/mol. The van der Waals surface area contributed by atoms with Crippen LogP contribution in [0.2, 0.25) is 0 Å². The fourth-order valence-corrected chi connectivity index (χ4v) is 2.22. The molecular formula is C14H20N4O3. The third-order valence-electron chi connectivity index (χ3n) is 3.64.